The Balaban J connectivity index is 2.57. The fourth-order valence-electron chi connectivity index (χ4n) is 2.63. The molecule has 0 bridgehead atoms. The molecule has 2 rings (SSSR count). The Morgan fingerprint density at radius 3 is 2.61 bits per heavy atom. The highest BCUT2D eigenvalue weighted by molar-refractivity contribution is 9.10. The molecular weight excluding hydrogens is 304 g/mol. The SMILES string of the molecule is CN1C(=O)C(C)(CC(C)(F)F)c2cc(Br)ccc21. The summed E-state index contributed by atoms with van der Waals surface area (Å²) in [7, 11) is 1.62. The van der Waals surface area contributed by atoms with E-state index in [0.29, 0.717) is 11.3 Å². The highest BCUT2D eigenvalue weighted by Gasteiger charge is 2.50. The van der Waals surface area contributed by atoms with Crippen LogP contribution >= 0.6 is 15.9 Å². The van der Waals surface area contributed by atoms with Crippen molar-refractivity contribution >= 4 is 27.5 Å². The topological polar surface area (TPSA) is 20.3 Å². The normalized spacial score (nSPS) is 23.4. The van der Waals surface area contributed by atoms with Crippen molar-refractivity contribution in [1.29, 1.82) is 0 Å². The lowest BCUT2D eigenvalue weighted by Crippen LogP contribution is -2.39. The third kappa shape index (κ3) is 2.05. The van der Waals surface area contributed by atoms with Gasteiger partial charge < -0.3 is 4.90 Å². The predicted molar refractivity (Wildman–Crippen MR) is 70.1 cm³/mol. The van der Waals surface area contributed by atoms with Gasteiger partial charge in [-0.25, -0.2) is 8.78 Å². The molecule has 18 heavy (non-hydrogen) atoms. The summed E-state index contributed by atoms with van der Waals surface area (Å²) in [6, 6.07) is 5.33. The summed E-state index contributed by atoms with van der Waals surface area (Å²) in [5.41, 5.74) is 0.201. The number of fused-ring (bicyclic) bond motifs is 1. The number of carbonyl (C=O) groups excluding carboxylic acids is 1. The van der Waals surface area contributed by atoms with Crippen molar-refractivity contribution in [2.45, 2.75) is 31.6 Å². The van der Waals surface area contributed by atoms with Crippen molar-refractivity contribution in [3.05, 3.63) is 28.2 Å². The number of anilines is 1. The Morgan fingerprint density at radius 2 is 2.06 bits per heavy atom. The lowest BCUT2D eigenvalue weighted by atomic mass is 9.79. The van der Waals surface area contributed by atoms with Crippen molar-refractivity contribution in [2.24, 2.45) is 0 Å². The third-order valence-corrected chi connectivity index (χ3v) is 3.85. The van der Waals surface area contributed by atoms with E-state index < -0.39 is 17.8 Å². The summed E-state index contributed by atoms with van der Waals surface area (Å²) in [4.78, 5) is 13.7. The van der Waals surface area contributed by atoms with E-state index in [4.69, 9.17) is 0 Å². The van der Waals surface area contributed by atoms with Crippen LogP contribution in [0.5, 0.6) is 0 Å². The van der Waals surface area contributed by atoms with E-state index in [9.17, 15) is 13.6 Å². The Labute approximate surface area is 113 Å². The lowest BCUT2D eigenvalue weighted by Gasteiger charge is -2.26. The van der Waals surface area contributed by atoms with E-state index in [1.54, 1.807) is 32.2 Å². The molecule has 0 aromatic heterocycles. The monoisotopic (exact) mass is 317 g/mol. The number of amides is 1. The van der Waals surface area contributed by atoms with Gasteiger partial charge in [0, 0.05) is 23.6 Å². The predicted octanol–water partition coefficient (Wildman–Crippen LogP) is 3.73. The molecule has 0 saturated carbocycles. The molecule has 1 aliphatic heterocycles. The molecule has 1 unspecified atom stereocenters. The van der Waals surface area contributed by atoms with E-state index in [0.717, 1.165) is 11.4 Å². The number of benzene rings is 1. The maximum absolute atomic E-state index is 13.3. The van der Waals surface area contributed by atoms with Crippen LogP contribution in [0.3, 0.4) is 0 Å². The molecule has 1 heterocycles. The van der Waals surface area contributed by atoms with Crippen molar-refractivity contribution in [3.8, 4) is 0 Å². The molecule has 1 aromatic rings. The standard InChI is InChI=1S/C13H14BrF2NO/c1-12(7-13(2,15)16)9-6-8(14)4-5-10(9)17(3)11(12)18/h4-6H,7H2,1-3H3. The molecule has 5 heteroatoms. The Kier molecular flexibility index (Phi) is 3.00. The number of carbonyl (C=O) groups is 1. The molecule has 0 spiro atoms. The summed E-state index contributed by atoms with van der Waals surface area (Å²) >= 11 is 3.32. The molecular formula is C13H14BrF2NO. The summed E-state index contributed by atoms with van der Waals surface area (Å²) < 4.78 is 27.5. The van der Waals surface area contributed by atoms with Gasteiger partial charge >= 0.3 is 0 Å². The number of hydrogen-bond acceptors (Lipinski definition) is 1. The third-order valence-electron chi connectivity index (χ3n) is 3.36. The maximum atomic E-state index is 13.3. The van der Waals surface area contributed by atoms with Gasteiger partial charge in [-0.1, -0.05) is 15.9 Å². The van der Waals surface area contributed by atoms with Crippen molar-refractivity contribution in [3.63, 3.8) is 0 Å². The Bertz CT molecular complexity index is 512. The molecule has 1 aromatic carbocycles. The van der Waals surface area contributed by atoms with Gasteiger partial charge in [-0.2, -0.15) is 0 Å². The highest BCUT2D eigenvalue weighted by atomic mass is 79.9. The van der Waals surface area contributed by atoms with Crippen molar-refractivity contribution < 1.29 is 13.6 Å². The second kappa shape index (κ2) is 4.02. The Hall–Kier alpha value is -0.970. The van der Waals surface area contributed by atoms with Gasteiger partial charge in [0.25, 0.3) is 0 Å². The Morgan fingerprint density at radius 1 is 1.44 bits per heavy atom. The fraction of sp³-hybridized carbons (Fsp3) is 0.462. The first-order chi connectivity index (χ1) is 8.15. The van der Waals surface area contributed by atoms with E-state index in [1.165, 1.54) is 4.90 Å². The highest BCUT2D eigenvalue weighted by Crippen LogP contribution is 2.47. The van der Waals surface area contributed by atoms with Gasteiger partial charge in [-0.15, -0.1) is 0 Å². The van der Waals surface area contributed by atoms with E-state index in [-0.39, 0.29) is 5.91 Å². The minimum atomic E-state index is -2.88. The molecule has 0 radical (unpaired) electrons. The van der Waals surface area contributed by atoms with Crippen LogP contribution in [0.2, 0.25) is 0 Å². The molecule has 1 atom stereocenters. The maximum Gasteiger partial charge on any atom is 0.246 e. The van der Waals surface area contributed by atoms with E-state index in [2.05, 4.69) is 15.9 Å². The fourth-order valence-corrected chi connectivity index (χ4v) is 2.99. The first-order valence-corrected chi connectivity index (χ1v) is 6.40. The largest absolute Gasteiger partial charge is 0.314 e. The first-order valence-electron chi connectivity index (χ1n) is 5.61. The molecule has 1 amide bonds. The van der Waals surface area contributed by atoms with Crippen LogP contribution in [0, 0.1) is 0 Å². The average Bonchev–Trinajstić information content (AvgIpc) is 2.39. The minimum absolute atomic E-state index is 0.280. The first kappa shape index (κ1) is 13.5. The van der Waals surface area contributed by atoms with Crippen LogP contribution in [-0.4, -0.2) is 18.9 Å². The quantitative estimate of drug-likeness (QED) is 0.814. The van der Waals surface area contributed by atoms with Gasteiger partial charge in [0.2, 0.25) is 11.8 Å². The zero-order valence-corrected chi connectivity index (χ0v) is 12.0. The van der Waals surface area contributed by atoms with E-state index in [1.807, 2.05) is 0 Å². The molecule has 0 aliphatic carbocycles. The number of hydrogen-bond donors (Lipinski definition) is 0. The van der Waals surface area contributed by atoms with Crippen LogP contribution in [0.4, 0.5) is 14.5 Å². The minimum Gasteiger partial charge on any atom is -0.314 e. The molecule has 0 saturated heterocycles. The summed E-state index contributed by atoms with van der Waals surface area (Å²) in [6.45, 7) is 2.43. The van der Waals surface area contributed by atoms with Crippen LogP contribution in [0.25, 0.3) is 0 Å². The molecule has 0 fully saturated rings. The lowest BCUT2D eigenvalue weighted by molar-refractivity contribution is -0.125. The summed E-state index contributed by atoms with van der Waals surface area (Å²) in [5, 5.41) is 0. The molecule has 2 nitrogen and oxygen atoms in total. The molecule has 1 aliphatic rings. The number of alkyl halides is 2. The zero-order valence-electron chi connectivity index (χ0n) is 10.4. The van der Waals surface area contributed by atoms with Crippen molar-refractivity contribution in [1.82, 2.24) is 0 Å². The van der Waals surface area contributed by atoms with Gasteiger partial charge in [0.05, 0.1) is 5.41 Å². The number of rotatable bonds is 2. The number of nitrogens with zero attached hydrogens (tertiary/aromatic N) is 1. The molecule has 0 N–H and O–H groups in total. The summed E-state index contributed by atoms with van der Waals surface area (Å²) in [6.07, 6.45) is -0.480. The van der Waals surface area contributed by atoms with Gasteiger partial charge in [-0.05, 0) is 37.6 Å². The van der Waals surface area contributed by atoms with Gasteiger partial charge in [0.1, 0.15) is 0 Å². The zero-order chi connectivity index (χ0) is 13.7. The van der Waals surface area contributed by atoms with Crippen LogP contribution < -0.4 is 4.90 Å². The number of halogens is 3. The van der Waals surface area contributed by atoms with Crippen LogP contribution in [0.1, 0.15) is 25.8 Å². The second-order valence-corrected chi connectivity index (χ2v) is 6.02. The van der Waals surface area contributed by atoms with E-state index >= 15 is 0 Å². The van der Waals surface area contributed by atoms with Crippen molar-refractivity contribution in [2.75, 3.05) is 11.9 Å². The van der Waals surface area contributed by atoms with Crippen LogP contribution in [-0.2, 0) is 10.2 Å². The second-order valence-electron chi connectivity index (χ2n) is 5.10. The van der Waals surface area contributed by atoms with Crippen LogP contribution in [0.15, 0.2) is 22.7 Å². The molecule has 98 valence electrons. The summed E-state index contributed by atoms with van der Waals surface area (Å²) in [5.74, 6) is -3.16. The van der Waals surface area contributed by atoms with Gasteiger partial charge in [0.15, 0.2) is 0 Å². The average molecular weight is 318 g/mol. The number of likely N-dealkylation sites (N-methyl/N-ethyl adjacent to an activating group) is 1. The van der Waals surface area contributed by atoms with Gasteiger partial charge in [-0.3, -0.25) is 4.79 Å². The smallest absolute Gasteiger partial charge is 0.246 e.